The normalized spacial score (nSPS) is 10.7. The van der Waals surface area contributed by atoms with Crippen LogP contribution in [0, 0.1) is 6.92 Å². The van der Waals surface area contributed by atoms with Crippen LogP contribution in [0.3, 0.4) is 0 Å². The van der Waals surface area contributed by atoms with Gasteiger partial charge in [0.1, 0.15) is 0 Å². The van der Waals surface area contributed by atoms with Crippen molar-refractivity contribution in [2.75, 3.05) is 27.8 Å². The Bertz CT molecular complexity index is 459. The highest BCUT2D eigenvalue weighted by atomic mass is 16.5. The molecule has 0 saturated carbocycles. The Hall–Kier alpha value is -1.75. The van der Waals surface area contributed by atoms with Crippen LogP contribution in [0.15, 0.2) is 12.1 Å². The van der Waals surface area contributed by atoms with Gasteiger partial charge in [-0.3, -0.25) is 4.79 Å². The molecule has 1 rings (SSSR count). The highest BCUT2D eigenvalue weighted by Gasteiger charge is 2.10. The summed E-state index contributed by atoms with van der Waals surface area (Å²) < 4.78 is 10.6. The molecule has 112 valence electrons. The highest BCUT2D eigenvalue weighted by molar-refractivity contribution is 5.66. The molecule has 0 unspecified atom stereocenters. The van der Waals surface area contributed by atoms with Gasteiger partial charge in [-0.25, -0.2) is 0 Å². The Morgan fingerprint density at radius 2 is 1.85 bits per heavy atom. The summed E-state index contributed by atoms with van der Waals surface area (Å²) in [4.78, 5) is 12.6. The van der Waals surface area contributed by atoms with Gasteiger partial charge in [0.25, 0.3) is 0 Å². The molecule has 1 aromatic rings. The standard InChI is InChI=1S/C15H23NO4/c1-11-8-13(19-3)14(20-4)9-12(11)10-16(2)7-5-6-15(17)18/h8-9H,5-7,10H2,1-4H3,(H,17,18). The fourth-order valence-electron chi connectivity index (χ4n) is 2.06. The molecule has 0 bridgehead atoms. The molecular formula is C15H23NO4. The first-order valence-electron chi connectivity index (χ1n) is 6.59. The van der Waals surface area contributed by atoms with Gasteiger partial charge in [-0.1, -0.05) is 0 Å². The number of carboxylic acid groups (broad SMARTS) is 1. The molecule has 0 heterocycles. The number of carboxylic acids is 1. The number of aliphatic carboxylic acids is 1. The van der Waals surface area contributed by atoms with Crippen molar-refractivity contribution < 1.29 is 19.4 Å². The van der Waals surface area contributed by atoms with Crippen molar-refractivity contribution in [3.8, 4) is 11.5 Å². The van der Waals surface area contributed by atoms with Gasteiger partial charge in [0.15, 0.2) is 11.5 Å². The predicted molar refractivity (Wildman–Crippen MR) is 77.5 cm³/mol. The van der Waals surface area contributed by atoms with E-state index in [4.69, 9.17) is 14.6 Å². The van der Waals surface area contributed by atoms with E-state index in [1.54, 1.807) is 14.2 Å². The minimum atomic E-state index is -0.749. The lowest BCUT2D eigenvalue weighted by Gasteiger charge is -2.19. The average molecular weight is 281 g/mol. The third-order valence-electron chi connectivity index (χ3n) is 3.21. The number of ether oxygens (including phenoxy) is 2. The number of carbonyl (C=O) groups is 1. The Kier molecular flexibility index (Phi) is 6.31. The SMILES string of the molecule is COc1cc(C)c(CN(C)CCCC(=O)O)cc1OC. The van der Waals surface area contributed by atoms with Gasteiger partial charge in [0, 0.05) is 13.0 Å². The molecule has 0 radical (unpaired) electrons. The summed E-state index contributed by atoms with van der Waals surface area (Å²) in [5.74, 6) is 0.690. The number of methoxy groups -OCH3 is 2. The summed E-state index contributed by atoms with van der Waals surface area (Å²) in [6.45, 7) is 3.54. The third-order valence-corrected chi connectivity index (χ3v) is 3.21. The van der Waals surface area contributed by atoms with E-state index in [0.29, 0.717) is 12.2 Å². The van der Waals surface area contributed by atoms with E-state index in [9.17, 15) is 4.79 Å². The van der Waals surface area contributed by atoms with Crippen molar-refractivity contribution in [1.82, 2.24) is 4.90 Å². The largest absolute Gasteiger partial charge is 0.493 e. The van der Waals surface area contributed by atoms with Crippen LogP contribution < -0.4 is 9.47 Å². The zero-order chi connectivity index (χ0) is 15.1. The lowest BCUT2D eigenvalue weighted by atomic mass is 10.1. The van der Waals surface area contributed by atoms with E-state index in [1.165, 1.54) is 0 Å². The lowest BCUT2D eigenvalue weighted by molar-refractivity contribution is -0.137. The van der Waals surface area contributed by atoms with Crippen molar-refractivity contribution in [1.29, 1.82) is 0 Å². The topological polar surface area (TPSA) is 59.0 Å². The number of nitrogens with zero attached hydrogens (tertiary/aromatic N) is 1. The summed E-state index contributed by atoms with van der Waals surface area (Å²) in [5, 5.41) is 8.64. The van der Waals surface area contributed by atoms with Crippen molar-refractivity contribution in [3.63, 3.8) is 0 Å². The second-order valence-corrected chi connectivity index (χ2v) is 4.87. The summed E-state index contributed by atoms with van der Waals surface area (Å²) in [5.41, 5.74) is 2.29. The fourth-order valence-corrected chi connectivity index (χ4v) is 2.06. The molecule has 1 aromatic carbocycles. The molecule has 20 heavy (non-hydrogen) atoms. The maximum Gasteiger partial charge on any atom is 0.303 e. The molecule has 5 heteroatoms. The molecular weight excluding hydrogens is 258 g/mol. The Labute approximate surface area is 120 Å². The van der Waals surface area contributed by atoms with Crippen LogP contribution in [0.4, 0.5) is 0 Å². The molecule has 1 N–H and O–H groups in total. The second kappa shape index (κ2) is 7.75. The van der Waals surface area contributed by atoms with Gasteiger partial charge < -0.3 is 19.5 Å². The van der Waals surface area contributed by atoms with Crippen molar-refractivity contribution in [2.45, 2.75) is 26.3 Å². The predicted octanol–water partition coefficient (Wildman–Crippen LogP) is 2.31. The lowest BCUT2D eigenvalue weighted by Crippen LogP contribution is -2.20. The van der Waals surface area contributed by atoms with Gasteiger partial charge in [0.2, 0.25) is 0 Å². The maximum atomic E-state index is 10.5. The molecule has 0 fully saturated rings. The average Bonchev–Trinajstić information content (AvgIpc) is 2.40. The van der Waals surface area contributed by atoms with E-state index < -0.39 is 5.97 Å². The van der Waals surface area contributed by atoms with Gasteiger partial charge in [-0.2, -0.15) is 0 Å². The molecule has 0 amide bonds. The van der Waals surface area contributed by atoms with Crippen LogP contribution in [-0.4, -0.2) is 43.8 Å². The number of benzene rings is 1. The Morgan fingerprint density at radius 3 is 2.40 bits per heavy atom. The third kappa shape index (κ3) is 4.74. The number of rotatable bonds is 8. The summed E-state index contributed by atoms with van der Waals surface area (Å²) in [6, 6.07) is 3.93. The molecule has 5 nitrogen and oxygen atoms in total. The molecule has 0 atom stereocenters. The minimum absolute atomic E-state index is 0.204. The van der Waals surface area contributed by atoms with Crippen molar-refractivity contribution in [2.24, 2.45) is 0 Å². The zero-order valence-corrected chi connectivity index (χ0v) is 12.6. The number of hydrogen-bond acceptors (Lipinski definition) is 4. The highest BCUT2D eigenvalue weighted by Crippen LogP contribution is 2.30. The summed E-state index contributed by atoms with van der Waals surface area (Å²) in [6.07, 6.45) is 0.855. The molecule has 0 aliphatic rings. The smallest absolute Gasteiger partial charge is 0.303 e. The maximum absolute atomic E-state index is 10.5. The number of aryl methyl sites for hydroxylation is 1. The van der Waals surface area contributed by atoms with Crippen LogP contribution in [0.2, 0.25) is 0 Å². The Morgan fingerprint density at radius 1 is 1.25 bits per heavy atom. The summed E-state index contributed by atoms with van der Waals surface area (Å²) in [7, 11) is 5.22. The Balaban J connectivity index is 2.69. The first kappa shape index (κ1) is 16.3. The van der Waals surface area contributed by atoms with Crippen molar-refractivity contribution in [3.05, 3.63) is 23.3 Å². The van der Waals surface area contributed by atoms with Crippen LogP contribution in [0.1, 0.15) is 24.0 Å². The second-order valence-electron chi connectivity index (χ2n) is 4.87. The zero-order valence-electron chi connectivity index (χ0n) is 12.6. The van der Waals surface area contributed by atoms with E-state index in [2.05, 4.69) is 4.90 Å². The van der Waals surface area contributed by atoms with Gasteiger partial charge >= 0.3 is 5.97 Å². The molecule has 0 saturated heterocycles. The first-order valence-corrected chi connectivity index (χ1v) is 6.59. The van der Waals surface area contributed by atoms with E-state index in [-0.39, 0.29) is 6.42 Å². The monoisotopic (exact) mass is 281 g/mol. The van der Waals surface area contributed by atoms with E-state index in [0.717, 1.165) is 30.0 Å². The van der Waals surface area contributed by atoms with E-state index >= 15 is 0 Å². The van der Waals surface area contributed by atoms with Crippen LogP contribution in [0.5, 0.6) is 11.5 Å². The minimum Gasteiger partial charge on any atom is -0.493 e. The van der Waals surface area contributed by atoms with Gasteiger partial charge in [-0.15, -0.1) is 0 Å². The first-order chi connectivity index (χ1) is 9.47. The van der Waals surface area contributed by atoms with E-state index in [1.807, 2.05) is 26.1 Å². The molecule has 0 aromatic heterocycles. The van der Waals surface area contributed by atoms with Gasteiger partial charge in [0.05, 0.1) is 14.2 Å². The van der Waals surface area contributed by atoms with Crippen LogP contribution >= 0.6 is 0 Å². The molecule has 0 aliphatic heterocycles. The fraction of sp³-hybridized carbons (Fsp3) is 0.533. The van der Waals surface area contributed by atoms with Crippen LogP contribution in [0.25, 0.3) is 0 Å². The molecule has 0 aliphatic carbocycles. The summed E-state index contributed by atoms with van der Waals surface area (Å²) >= 11 is 0. The van der Waals surface area contributed by atoms with Crippen LogP contribution in [-0.2, 0) is 11.3 Å². The molecule has 0 spiro atoms. The quantitative estimate of drug-likeness (QED) is 0.792. The van der Waals surface area contributed by atoms with Crippen molar-refractivity contribution >= 4 is 5.97 Å². The number of hydrogen-bond donors (Lipinski definition) is 1. The van der Waals surface area contributed by atoms with Gasteiger partial charge in [-0.05, 0) is 50.2 Å².